The highest BCUT2D eigenvalue weighted by Gasteiger charge is 2.22. The van der Waals surface area contributed by atoms with Gasteiger partial charge < -0.3 is 15.2 Å². The minimum absolute atomic E-state index is 0.0167. The largest absolute Gasteiger partial charge is 0.435 e. The molecule has 0 saturated heterocycles. The number of ether oxygens (including phenoxy) is 1. The number of carbonyl (C=O) groups is 1. The quantitative estimate of drug-likeness (QED) is 0.848. The van der Waals surface area contributed by atoms with Gasteiger partial charge in [0.1, 0.15) is 5.75 Å². The van der Waals surface area contributed by atoms with Crippen LogP contribution < -0.4 is 10.1 Å². The summed E-state index contributed by atoms with van der Waals surface area (Å²) in [7, 11) is 0. The molecule has 4 nitrogen and oxygen atoms in total. The van der Waals surface area contributed by atoms with Crippen molar-refractivity contribution in [3.63, 3.8) is 0 Å². The first-order valence-corrected chi connectivity index (χ1v) is 7.51. The van der Waals surface area contributed by atoms with E-state index in [-0.39, 0.29) is 30.7 Å². The predicted molar refractivity (Wildman–Crippen MR) is 77.8 cm³/mol. The highest BCUT2D eigenvalue weighted by molar-refractivity contribution is 5.79. The van der Waals surface area contributed by atoms with Gasteiger partial charge in [0.2, 0.25) is 5.91 Å². The second-order valence-electron chi connectivity index (χ2n) is 5.63. The predicted octanol–water partition coefficient (Wildman–Crippen LogP) is 2.50. The van der Waals surface area contributed by atoms with Crippen LogP contribution in [-0.4, -0.2) is 30.3 Å². The van der Waals surface area contributed by atoms with Gasteiger partial charge in [0.05, 0.1) is 6.42 Å². The first-order valence-electron chi connectivity index (χ1n) is 7.51. The molecule has 122 valence electrons. The average molecular weight is 313 g/mol. The van der Waals surface area contributed by atoms with Gasteiger partial charge in [-0.25, -0.2) is 0 Å². The zero-order valence-corrected chi connectivity index (χ0v) is 12.3. The molecule has 0 heterocycles. The van der Waals surface area contributed by atoms with Crippen LogP contribution in [0.4, 0.5) is 8.78 Å². The van der Waals surface area contributed by atoms with Crippen LogP contribution in [0.3, 0.4) is 0 Å². The smallest absolute Gasteiger partial charge is 0.387 e. The van der Waals surface area contributed by atoms with Gasteiger partial charge in [0.25, 0.3) is 0 Å². The SMILES string of the molecule is O=C(Cc1ccccc1OC(F)F)NC1CCC(CO)CC1. The average Bonchev–Trinajstić information content (AvgIpc) is 2.49. The molecule has 2 N–H and O–H groups in total. The molecule has 1 saturated carbocycles. The van der Waals surface area contributed by atoms with Crippen molar-refractivity contribution in [2.75, 3.05) is 6.61 Å². The third kappa shape index (κ3) is 4.94. The molecule has 1 aromatic rings. The number of nitrogens with one attached hydrogen (secondary N) is 1. The Labute approximate surface area is 128 Å². The monoisotopic (exact) mass is 313 g/mol. The van der Waals surface area contributed by atoms with Crippen LogP contribution in [0.1, 0.15) is 31.2 Å². The molecule has 1 fully saturated rings. The zero-order valence-electron chi connectivity index (χ0n) is 12.3. The lowest BCUT2D eigenvalue weighted by atomic mass is 9.86. The summed E-state index contributed by atoms with van der Waals surface area (Å²) in [5.41, 5.74) is 0.448. The second-order valence-corrected chi connectivity index (χ2v) is 5.63. The lowest BCUT2D eigenvalue weighted by Crippen LogP contribution is -2.38. The number of para-hydroxylation sites is 1. The molecule has 1 aliphatic carbocycles. The van der Waals surface area contributed by atoms with E-state index in [4.69, 9.17) is 5.11 Å². The van der Waals surface area contributed by atoms with E-state index in [0.29, 0.717) is 11.5 Å². The summed E-state index contributed by atoms with van der Waals surface area (Å²) in [6.45, 7) is -2.71. The van der Waals surface area contributed by atoms with Crippen molar-refractivity contribution in [3.05, 3.63) is 29.8 Å². The highest BCUT2D eigenvalue weighted by atomic mass is 19.3. The Kier molecular flexibility index (Phi) is 6.12. The van der Waals surface area contributed by atoms with Gasteiger partial charge in [0.15, 0.2) is 0 Å². The van der Waals surface area contributed by atoms with Crippen molar-refractivity contribution >= 4 is 5.91 Å². The molecular formula is C16H21F2NO3. The molecule has 22 heavy (non-hydrogen) atoms. The summed E-state index contributed by atoms with van der Waals surface area (Å²) >= 11 is 0. The Morgan fingerprint density at radius 1 is 1.27 bits per heavy atom. The van der Waals surface area contributed by atoms with Gasteiger partial charge >= 0.3 is 6.61 Å². The van der Waals surface area contributed by atoms with Gasteiger partial charge in [0, 0.05) is 18.2 Å². The van der Waals surface area contributed by atoms with E-state index in [9.17, 15) is 13.6 Å². The normalized spacial score (nSPS) is 21.6. The number of rotatable bonds is 6. The minimum atomic E-state index is -2.90. The van der Waals surface area contributed by atoms with Crippen LogP contribution in [0.25, 0.3) is 0 Å². The molecule has 0 aromatic heterocycles. The van der Waals surface area contributed by atoms with Crippen molar-refractivity contribution < 1.29 is 23.4 Å². The van der Waals surface area contributed by atoms with E-state index in [1.54, 1.807) is 18.2 Å². The van der Waals surface area contributed by atoms with Gasteiger partial charge in [-0.05, 0) is 37.7 Å². The summed E-state index contributed by atoms with van der Waals surface area (Å²) in [6.07, 6.45) is 3.49. The number of benzene rings is 1. The third-order valence-electron chi connectivity index (χ3n) is 4.01. The maximum atomic E-state index is 12.3. The summed E-state index contributed by atoms with van der Waals surface area (Å²) in [6, 6.07) is 6.42. The molecule has 2 rings (SSSR count). The molecule has 0 bridgehead atoms. The van der Waals surface area contributed by atoms with Crippen molar-refractivity contribution in [2.24, 2.45) is 5.92 Å². The molecule has 0 aliphatic heterocycles. The summed E-state index contributed by atoms with van der Waals surface area (Å²) in [5.74, 6) is 0.169. The van der Waals surface area contributed by atoms with Crippen molar-refractivity contribution in [2.45, 2.75) is 44.8 Å². The fourth-order valence-electron chi connectivity index (χ4n) is 2.80. The minimum Gasteiger partial charge on any atom is -0.435 e. The Morgan fingerprint density at radius 2 is 1.95 bits per heavy atom. The van der Waals surface area contributed by atoms with E-state index in [2.05, 4.69) is 10.1 Å². The van der Waals surface area contributed by atoms with E-state index in [1.165, 1.54) is 6.07 Å². The Morgan fingerprint density at radius 3 is 2.59 bits per heavy atom. The van der Waals surface area contributed by atoms with E-state index in [0.717, 1.165) is 25.7 Å². The van der Waals surface area contributed by atoms with E-state index >= 15 is 0 Å². The fraction of sp³-hybridized carbons (Fsp3) is 0.562. The molecular weight excluding hydrogens is 292 g/mol. The molecule has 1 aromatic carbocycles. The molecule has 0 spiro atoms. The molecule has 1 aliphatic rings. The van der Waals surface area contributed by atoms with Gasteiger partial charge in [-0.1, -0.05) is 18.2 Å². The first kappa shape index (κ1) is 16.7. The number of halogens is 2. The number of alkyl halides is 2. The Hall–Kier alpha value is -1.69. The lowest BCUT2D eigenvalue weighted by Gasteiger charge is -2.28. The first-order chi connectivity index (χ1) is 10.6. The van der Waals surface area contributed by atoms with Gasteiger partial charge in [-0.2, -0.15) is 8.78 Å². The number of aliphatic hydroxyl groups is 1. The molecule has 0 atom stereocenters. The topological polar surface area (TPSA) is 58.6 Å². The molecule has 0 radical (unpaired) electrons. The van der Waals surface area contributed by atoms with Crippen LogP contribution in [0.15, 0.2) is 24.3 Å². The van der Waals surface area contributed by atoms with Crippen molar-refractivity contribution in [1.29, 1.82) is 0 Å². The number of carbonyl (C=O) groups excluding carboxylic acids is 1. The second kappa shape index (κ2) is 8.08. The summed E-state index contributed by atoms with van der Waals surface area (Å²) in [4.78, 5) is 12.1. The summed E-state index contributed by atoms with van der Waals surface area (Å²) in [5, 5.41) is 12.0. The Bertz CT molecular complexity index is 488. The van der Waals surface area contributed by atoms with Crippen LogP contribution in [0.2, 0.25) is 0 Å². The number of hydrogen-bond acceptors (Lipinski definition) is 3. The number of amides is 1. The molecule has 6 heteroatoms. The molecule has 0 unspecified atom stereocenters. The van der Waals surface area contributed by atoms with Crippen LogP contribution >= 0.6 is 0 Å². The standard InChI is InChI=1S/C16H21F2NO3/c17-16(18)22-14-4-2-1-3-12(14)9-15(21)19-13-7-5-11(10-20)6-8-13/h1-4,11,13,16,20H,5-10H2,(H,19,21). The van der Waals surface area contributed by atoms with E-state index < -0.39 is 6.61 Å². The highest BCUT2D eigenvalue weighted by Crippen LogP contribution is 2.24. The van der Waals surface area contributed by atoms with Crippen molar-refractivity contribution in [3.8, 4) is 5.75 Å². The maximum Gasteiger partial charge on any atom is 0.387 e. The van der Waals surface area contributed by atoms with Crippen LogP contribution in [0.5, 0.6) is 5.75 Å². The van der Waals surface area contributed by atoms with Gasteiger partial charge in [-0.3, -0.25) is 4.79 Å². The fourth-order valence-corrected chi connectivity index (χ4v) is 2.80. The van der Waals surface area contributed by atoms with Crippen molar-refractivity contribution in [1.82, 2.24) is 5.32 Å². The lowest BCUT2D eigenvalue weighted by molar-refractivity contribution is -0.121. The van der Waals surface area contributed by atoms with E-state index in [1.807, 2.05) is 0 Å². The zero-order chi connectivity index (χ0) is 15.9. The van der Waals surface area contributed by atoms with Crippen LogP contribution in [-0.2, 0) is 11.2 Å². The number of aliphatic hydroxyl groups excluding tert-OH is 1. The maximum absolute atomic E-state index is 12.3. The number of hydrogen-bond donors (Lipinski definition) is 2. The molecule has 1 amide bonds. The van der Waals surface area contributed by atoms with Gasteiger partial charge in [-0.15, -0.1) is 0 Å². The van der Waals surface area contributed by atoms with Crippen LogP contribution in [0, 0.1) is 5.92 Å². The Balaban J connectivity index is 1.87. The third-order valence-corrected chi connectivity index (χ3v) is 4.01. The summed E-state index contributed by atoms with van der Waals surface area (Å²) < 4.78 is 29.1.